The molecule has 3 aromatic rings. The third-order valence-corrected chi connectivity index (χ3v) is 4.44. The van der Waals surface area contributed by atoms with Crippen molar-refractivity contribution in [1.29, 1.82) is 0 Å². The summed E-state index contributed by atoms with van der Waals surface area (Å²) in [6.45, 7) is 2.82. The monoisotopic (exact) mass is 364 g/mol. The SMILES string of the molecule is C[C@H](NCc1ccc(C(=O)Nc2ccccc2)cc1)c1cccc(Cl)c1. The van der Waals surface area contributed by atoms with Crippen molar-refractivity contribution < 1.29 is 4.79 Å². The maximum atomic E-state index is 12.3. The second-order valence-electron chi connectivity index (χ2n) is 6.17. The largest absolute Gasteiger partial charge is 0.322 e. The van der Waals surface area contributed by atoms with Crippen LogP contribution < -0.4 is 10.6 Å². The van der Waals surface area contributed by atoms with Crippen LogP contribution in [-0.2, 0) is 6.54 Å². The van der Waals surface area contributed by atoms with E-state index in [-0.39, 0.29) is 11.9 Å². The first kappa shape index (κ1) is 18.2. The predicted molar refractivity (Wildman–Crippen MR) is 108 cm³/mol. The summed E-state index contributed by atoms with van der Waals surface area (Å²) < 4.78 is 0. The number of rotatable bonds is 6. The van der Waals surface area contributed by atoms with Gasteiger partial charge in [0.05, 0.1) is 0 Å². The fraction of sp³-hybridized carbons (Fsp3) is 0.136. The number of carbonyl (C=O) groups is 1. The number of nitrogens with one attached hydrogen (secondary N) is 2. The minimum atomic E-state index is -0.108. The first-order valence-corrected chi connectivity index (χ1v) is 8.94. The molecule has 0 radical (unpaired) electrons. The lowest BCUT2D eigenvalue weighted by atomic mass is 10.1. The van der Waals surface area contributed by atoms with Crippen molar-refractivity contribution in [2.45, 2.75) is 19.5 Å². The van der Waals surface area contributed by atoms with E-state index in [0.29, 0.717) is 12.1 Å². The summed E-state index contributed by atoms with van der Waals surface area (Å²) in [6.07, 6.45) is 0. The van der Waals surface area contributed by atoms with Crippen LogP contribution >= 0.6 is 11.6 Å². The smallest absolute Gasteiger partial charge is 0.255 e. The number of anilines is 1. The molecule has 0 fully saturated rings. The molecular formula is C22H21ClN2O. The van der Waals surface area contributed by atoms with Gasteiger partial charge in [0.2, 0.25) is 0 Å². The number of hydrogen-bond acceptors (Lipinski definition) is 2. The number of para-hydroxylation sites is 1. The average Bonchev–Trinajstić information content (AvgIpc) is 2.67. The van der Waals surface area contributed by atoms with Crippen LogP contribution in [0.5, 0.6) is 0 Å². The molecule has 0 saturated carbocycles. The fourth-order valence-electron chi connectivity index (χ4n) is 2.66. The van der Waals surface area contributed by atoms with Gasteiger partial charge in [0.15, 0.2) is 0 Å². The van der Waals surface area contributed by atoms with Crippen LogP contribution in [-0.4, -0.2) is 5.91 Å². The summed E-state index contributed by atoms with van der Waals surface area (Å²) in [5.74, 6) is -0.108. The van der Waals surface area contributed by atoms with E-state index < -0.39 is 0 Å². The second kappa shape index (κ2) is 8.65. The van der Waals surface area contributed by atoms with Gasteiger partial charge in [-0.15, -0.1) is 0 Å². The van der Waals surface area contributed by atoms with Gasteiger partial charge in [-0.3, -0.25) is 4.79 Å². The van der Waals surface area contributed by atoms with Crippen molar-refractivity contribution in [1.82, 2.24) is 5.32 Å². The molecule has 2 N–H and O–H groups in total. The second-order valence-corrected chi connectivity index (χ2v) is 6.61. The lowest BCUT2D eigenvalue weighted by Crippen LogP contribution is -2.18. The Hall–Kier alpha value is -2.62. The average molecular weight is 365 g/mol. The topological polar surface area (TPSA) is 41.1 Å². The van der Waals surface area contributed by atoms with Crippen LogP contribution in [0.15, 0.2) is 78.9 Å². The molecule has 0 aliphatic heterocycles. The van der Waals surface area contributed by atoms with Gasteiger partial charge in [0, 0.05) is 28.9 Å². The van der Waals surface area contributed by atoms with Crippen molar-refractivity contribution in [2.24, 2.45) is 0 Å². The Kier molecular flexibility index (Phi) is 6.05. The van der Waals surface area contributed by atoms with Crippen LogP contribution in [0, 0.1) is 0 Å². The van der Waals surface area contributed by atoms with Crippen molar-refractivity contribution >= 4 is 23.2 Å². The van der Waals surface area contributed by atoms with Gasteiger partial charge >= 0.3 is 0 Å². The van der Waals surface area contributed by atoms with Crippen LogP contribution in [0.2, 0.25) is 5.02 Å². The van der Waals surface area contributed by atoms with E-state index in [4.69, 9.17) is 11.6 Å². The molecule has 0 aliphatic rings. The van der Waals surface area contributed by atoms with E-state index in [2.05, 4.69) is 23.6 Å². The predicted octanol–water partition coefficient (Wildman–Crippen LogP) is 5.44. The lowest BCUT2D eigenvalue weighted by molar-refractivity contribution is 0.102. The lowest BCUT2D eigenvalue weighted by Gasteiger charge is -2.15. The van der Waals surface area contributed by atoms with Gasteiger partial charge in [-0.2, -0.15) is 0 Å². The Balaban J connectivity index is 1.56. The van der Waals surface area contributed by atoms with Gasteiger partial charge in [-0.25, -0.2) is 0 Å². The van der Waals surface area contributed by atoms with E-state index in [1.54, 1.807) is 0 Å². The van der Waals surface area contributed by atoms with Gasteiger partial charge in [-0.05, 0) is 54.4 Å². The Morgan fingerprint density at radius 1 is 0.962 bits per heavy atom. The highest BCUT2D eigenvalue weighted by Crippen LogP contribution is 2.18. The van der Waals surface area contributed by atoms with Crippen molar-refractivity contribution in [3.05, 3.63) is 101 Å². The highest BCUT2D eigenvalue weighted by atomic mass is 35.5. The van der Waals surface area contributed by atoms with Gasteiger partial charge in [-0.1, -0.05) is 54.1 Å². The maximum absolute atomic E-state index is 12.3. The van der Waals surface area contributed by atoms with E-state index in [9.17, 15) is 4.79 Å². The summed E-state index contributed by atoms with van der Waals surface area (Å²) in [4.78, 5) is 12.3. The van der Waals surface area contributed by atoms with Crippen molar-refractivity contribution in [3.63, 3.8) is 0 Å². The molecule has 4 heteroatoms. The number of benzene rings is 3. The van der Waals surface area contributed by atoms with Crippen molar-refractivity contribution in [2.75, 3.05) is 5.32 Å². The molecule has 0 spiro atoms. The van der Waals surface area contributed by atoms with Crippen LogP contribution in [0.25, 0.3) is 0 Å². The Morgan fingerprint density at radius 3 is 2.38 bits per heavy atom. The quantitative estimate of drug-likeness (QED) is 0.611. The molecule has 132 valence electrons. The fourth-order valence-corrected chi connectivity index (χ4v) is 2.86. The number of hydrogen-bond donors (Lipinski definition) is 2. The molecule has 3 aromatic carbocycles. The summed E-state index contributed by atoms with van der Waals surface area (Å²) in [6, 6.07) is 25.1. The maximum Gasteiger partial charge on any atom is 0.255 e. The first-order chi connectivity index (χ1) is 12.6. The number of carbonyl (C=O) groups excluding carboxylic acids is 1. The van der Waals surface area contributed by atoms with Gasteiger partial charge in [0.1, 0.15) is 0 Å². The van der Waals surface area contributed by atoms with Crippen LogP contribution in [0.3, 0.4) is 0 Å². The van der Waals surface area contributed by atoms with Gasteiger partial charge < -0.3 is 10.6 Å². The molecule has 0 saturated heterocycles. The van der Waals surface area contributed by atoms with Crippen LogP contribution in [0.4, 0.5) is 5.69 Å². The first-order valence-electron chi connectivity index (χ1n) is 8.56. The zero-order valence-corrected chi connectivity index (χ0v) is 15.3. The molecule has 0 bridgehead atoms. The van der Waals surface area contributed by atoms with E-state index in [1.165, 1.54) is 0 Å². The summed E-state index contributed by atoms with van der Waals surface area (Å²) in [5, 5.41) is 7.10. The number of amides is 1. The van der Waals surface area contributed by atoms with E-state index in [0.717, 1.165) is 21.8 Å². The molecule has 1 amide bonds. The molecule has 0 heterocycles. The zero-order valence-electron chi connectivity index (χ0n) is 14.6. The van der Waals surface area contributed by atoms with Crippen LogP contribution in [0.1, 0.15) is 34.5 Å². The normalized spacial score (nSPS) is 11.8. The van der Waals surface area contributed by atoms with E-state index >= 15 is 0 Å². The van der Waals surface area contributed by atoms with Gasteiger partial charge in [0.25, 0.3) is 5.91 Å². The molecular weight excluding hydrogens is 344 g/mol. The Bertz CT molecular complexity index is 863. The molecule has 0 unspecified atom stereocenters. The minimum absolute atomic E-state index is 0.108. The molecule has 26 heavy (non-hydrogen) atoms. The molecule has 3 rings (SSSR count). The zero-order chi connectivity index (χ0) is 18.4. The highest BCUT2D eigenvalue weighted by molar-refractivity contribution is 6.30. The molecule has 0 aromatic heterocycles. The highest BCUT2D eigenvalue weighted by Gasteiger charge is 2.08. The number of halogens is 1. The molecule has 1 atom stereocenters. The third-order valence-electron chi connectivity index (χ3n) is 4.21. The van der Waals surface area contributed by atoms with E-state index in [1.807, 2.05) is 72.8 Å². The third kappa shape index (κ3) is 4.94. The minimum Gasteiger partial charge on any atom is -0.322 e. The van der Waals surface area contributed by atoms with Crippen molar-refractivity contribution in [3.8, 4) is 0 Å². The summed E-state index contributed by atoms with van der Waals surface area (Å²) in [7, 11) is 0. The molecule has 0 aliphatic carbocycles. The Morgan fingerprint density at radius 2 is 1.69 bits per heavy atom. The molecule has 3 nitrogen and oxygen atoms in total. The Labute approximate surface area is 159 Å². The summed E-state index contributed by atoms with van der Waals surface area (Å²) in [5.41, 5.74) is 3.70. The standard InChI is InChI=1S/C22H21ClN2O/c1-16(19-6-5-7-20(23)14-19)24-15-17-10-12-18(13-11-17)22(26)25-21-8-3-2-4-9-21/h2-14,16,24H,15H2,1H3,(H,25,26)/t16-/m0/s1. The summed E-state index contributed by atoms with van der Waals surface area (Å²) >= 11 is 6.05.